The molecule has 0 saturated heterocycles. The molecule has 1 atom stereocenters. The average molecular weight is 342 g/mol. The molecule has 0 heterocycles. The lowest BCUT2D eigenvalue weighted by Crippen LogP contribution is -2.37. The third-order valence-corrected chi connectivity index (χ3v) is 4.84. The van der Waals surface area contributed by atoms with Gasteiger partial charge in [0, 0.05) is 6.54 Å². The van der Waals surface area contributed by atoms with Crippen molar-refractivity contribution < 1.29 is 4.39 Å². The predicted molar refractivity (Wildman–Crippen MR) is 86.3 cm³/mol. The van der Waals surface area contributed by atoms with Crippen molar-refractivity contribution in [2.75, 3.05) is 13.1 Å². The second kappa shape index (κ2) is 6.57. The van der Waals surface area contributed by atoms with E-state index in [1.807, 2.05) is 12.1 Å². The Morgan fingerprint density at radius 2 is 2.10 bits per heavy atom. The van der Waals surface area contributed by atoms with E-state index < -0.39 is 0 Å². The van der Waals surface area contributed by atoms with Crippen LogP contribution in [0.25, 0.3) is 0 Å². The van der Waals surface area contributed by atoms with Crippen LogP contribution in [0.2, 0.25) is 0 Å². The van der Waals surface area contributed by atoms with E-state index in [-0.39, 0.29) is 11.2 Å². The molecule has 112 valence electrons. The average Bonchev–Trinajstić information content (AvgIpc) is 3.18. The zero-order valence-corrected chi connectivity index (χ0v) is 14.3. The van der Waals surface area contributed by atoms with Gasteiger partial charge in [-0.05, 0) is 76.7 Å². The molecule has 2 rings (SSSR count). The Labute approximate surface area is 130 Å². The van der Waals surface area contributed by atoms with Crippen molar-refractivity contribution in [3.05, 3.63) is 34.1 Å². The normalized spacial score (nSPS) is 18.3. The van der Waals surface area contributed by atoms with E-state index in [1.54, 1.807) is 6.07 Å². The van der Waals surface area contributed by atoms with Gasteiger partial charge >= 0.3 is 0 Å². The van der Waals surface area contributed by atoms with E-state index in [2.05, 4.69) is 42.0 Å². The Morgan fingerprint density at radius 3 is 2.65 bits per heavy atom. The first-order valence-corrected chi connectivity index (χ1v) is 8.34. The monoisotopic (exact) mass is 341 g/mol. The summed E-state index contributed by atoms with van der Waals surface area (Å²) in [6.07, 6.45) is 3.69. The first-order chi connectivity index (χ1) is 9.40. The summed E-state index contributed by atoms with van der Waals surface area (Å²) in [6, 6.07) is 5.41. The minimum Gasteiger partial charge on any atom is -0.316 e. The Hall–Kier alpha value is -0.410. The molecule has 1 fully saturated rings. The first-order valence-electron chi connectivity index (χ1n) is 7.55. The summed E-state index contributed by atoms with van der Waals surface area (Å²) in [5.74, 6) is 1.31. The first kappa shape index (κ1) is 16.0. The SMILES string of the molecule is CC(C)CNCC(C)(Cc1ccc(F)c(Br)c1)C1CC1. The third-order valence-electron chi connectivity index (χ3n) is 4.24. The topological polar surface area (TPSA) is 12.0 Å². The predicted octanol–water partition coefficient (Wildman–Crippen LogP) is 4.79. The Bertz CT molecular complexity index is 456. The molecule has 0 aliphatic heterocycles. The van der Waals surface area contributed by atoms with Gasteiger partial charge in [0.25, 0.3) is 0 Å². The number of hydrogen-bond donors (Lipinski definition) is 1. The minimum absolute atomic E-state index is 0.181. The smallest absolute Gasteiger partial charge is 0.137 e. The molecule has 3 heteroatoms. The molecule has 0 amide bonds. The molecule has 1 nitrogen and oxygen atoms in total. The molecule has 1 unspecified atom stereocenters. The maximum Gasteiger partial charge on any atom is 0.137 e. The van der Waals surface area contributed by atoms with Gasteiger partial charge < -0.3 is 5.32 Å². The van der Waals surface area contributed by atoms with Crippen molar-refractivity contribution in [2.24, 2.45) is 17.3 Å². The number of hydrogen-bond acceptors (Lipinski definition) is 1. The van der Waals surface area contributed by atoms with Crippen LogP contribution in [0.3, 0.4) is 0 Å². The van der Waals surface area contributed by atoms with Crippen molar-refractivity contribution in [1.29, 1.82) is 0 Å². The van der Waals surface area contributed by atoms with Crippen molar-refractivity contribution in [1.82, 2.24) is 5.32 Å². The van der Waals surface area contributed by atoms with Crippen LogP contribution in [0.5, 0.6) is 0 Å². The van der Waals surface area contributed by atoms with E-state index in [9.17, 15) is 4.39 Å². The van der Waals surface area contributed by atoms with Gasteiger partial charge in [-0.25, -0.2) is 4.39 Å². The standard InChI is InChI=1S/C17H25BrFN/c1-12(2)10-20-11-17(3,14-5-6-14)9-13-4-7-16(19)15(18)8-13/h4,7-8,12,14,20H,5-6,9-11H2,1-3H3. The summed E-state index contributed by atoms with van der Waals surface area (Å²) in [6.45, 7) is 8.95. The van der Waals surface area contributed by atoms with Crippen LogP contribution in [0.4, 0.5) is 4.39 Å². The second-order valence-corrected chi connectivity index (χ2v) is 7.73. The molecule has 1 aliphatic carbocycles. The third kappa shape index (κ3) is 4.29. The molecule has 0 aromatic heterocycles. The number of halogens is 2. The lowest BCUT2D eigenvalue weighted by atomic mass is 9.78. The van der Waals surface area contributed by atoms with Crippen LogP contribution < -0.4 is 5.32 Å². The fourth-order valence-electron chi connectivity index (χ4n) is 2.89. The summed E-state index contributed by atoms with van der Waals surface area (Å²) in [5.41, 5.74) is 1.51. The van der Waals surface area contributed by atoms with Gasteiger partial charge in [-0.15, -0.1) is 0 Å². The molecule has 1 aliphatic rings. The molecule has 1 aromatic rings. The van der Waals surface area contributed by atoms with Crippen LogP contribution in [-0.4, -0.2) is 13.1 Å². The zero-order valence-electron chi connectivity index (χ0n) is 12.7. The molecular weight excluding hydrogens is 317 g/mol. The van der Waals surface area contributed by atoms with Gasteiger partial charge in [0.05, 0.1) is 4.47 Å². The molecule has 1 aromatic carbocycles. The highest BCUT2D eigenvalue weighted by Gasteiger charge is 2.41. The summed E-state index contributed by atoms with van der Waals surface area (Å²) >= 11 is 3.29. The van der Waals surface area contributed by atoms with Crippen LogP contribution in [-0.2, 0) is 6.42 Å². The lowest BCUT2D eigenvalue weighted by molar-refractivity contribution is 0.252. The molecule has 1 saturated carbocycles. The fraction of sp³-hybridized carbons (Fsp3) is 0.647. The van der Waals surface area contributed by atoms with Gasteiger partial charge in [0.15, 0.2) is 0 Å². The molecule has 1 N–H and O–H groups in total. The van der Waals surface area contributed by atoms with Crippen LogP contribution in [0, 0.1) is 23.1 Å². The van der Waals surface area contributed by atoms with Crippen molar-refractivity contribution in [3.63, 3.8) is 0 Å². The Balaban J connectivity index is 2.02. The summed E-state index contributed by atoms with van der Waals surface area (Å²) in [4.78, 5) is 0. The molecule has 0 spiro atoms. The quantitative estimate of drug-likeness (QED) is 0.751. The minimum atomic E-state index is -0.181. The molecule has 0 bridgehead atoms. The summed E-state index contributed by atoms with van der Waals surface area (Å²) in [7, 11) is 0. The van der Waals surface area contributed by atoms with Crippen LogP contribution >= 0.6 is 15.9 Å². The second-order valence-electron chi connectivity index (χ2n) is 6.88. The van der Waals surface area contributed by atoms with E-state index >= 15 is 0 Å². The molecule has 0 radical (unpaired) electrons. The summed E-state index contributed by atoms with van der Waals surface area (Å²) in [5, 5.41) is 3.61. The van der Waals surface area contributed by atoms with Gasteiger partial charge in [-0.3, -0.25) is 0 Å². The van der Waals surface area contributed by atoms with E-state index in [0.29, 0.717) is 10.4 Å². The Morgan fingerprint density at radius 1 is 1.40 bits per heavy atom. The van der Waals surface area contributed by atoms with E-state index in [1.165, 1.54) is 18.4 Å². The maximum atomic E-state index is 13.3. The van der Waals surface area contributed by atoms with Crippen molar-refractivity contribution in [3.8, 4) is 0 Å². The van der Waals surface area contributed by atoms with Gasteiger partial charge in [0.1, 0.15) is 5.82 Å². The lowest BCUT2D eigenvalue weighted by Gasteiger charge is -2.31. The highest BCUT2D eigenvalue weighted by molar-refractivity contribution is 9.10. The van der Waals surface area contributed by atoms with Crippen LogP contribution in [0.15, 0.2) is 22.7 Å². The van der Waals surface area contributed by atoms with Gasteiger partial charge in [-0.1, -0.05) is 26.8 Å². The fourth-order valence-corrected chi connectivity index (χ4v) is 3.32. The van der Waals surface area contributed by atoms with Gasteiger partial charge in [0.2, 0.25) is 0 Å². The zero-order chi connectivity index (χ0) is 14.8. The molecule has 20 heavy (non-hydrogen) atoms. The largest absolute Gasteiger partial charge is 0.316 e. The molecular formula is C17H25BrFN. The highest BCUT2D eigenvalue weighted by atomic mass is 79.9. The Kier molecular flexibility index (Phi) is 5.25. The van der Waals surface area contributed by atoms with E-state index in [4.69, 9.17) is 0 Å². The summed E-state index contributed by atoms with van der Waals surface area (Å²) < 4.78 is 13.9. The number of nitrogens with one attached hydrogen (secondary N) is 1. The van der Waals surface area contributed by atoms with E-state index in [0.717, 1.165) is 25.4 Å². The van der Waals surface area contributed by atoms with Crippen molar-refractivity contribution >= 4 is 15.9 Å². The highest BCUT2D eigenvalue weighted by Crippen LogP contribution is 2.47. The number of benzene rings is 1. The van der Waals surface area contributed by atoms with Gasteiger partial charge in [-0.2, -0.15) is 0 Å². The van der Waals surface area contributed by atoms with Crippen molar-refractivity contribution in [2.45, 2.75) is 40.0 Å². The maximum absolute atomic E-state index is 13.3. The van der Waals surface area contributed by atoms with Crippen LogP contribution in [0.1, 0.15) is 39.2 Å². The number of rotatable bonds is 7.